The van der Waals surface area contributed by atoms with E-state index in [9.17, 15) is 9.18 Å². The summed E-state index contributed by atoms with van der Waals surface area (Å²) in [7, 11) is 0. The first-order valence-electron chi connectivity index (χ1n) is 7.06. The summed E-state index contributed by atoms with van der Waals surface area (Å²) in [5.74, 6) is -0.241. The molecule has 2 rings (SSSR count). The van der Waals surface area contributed by atoms with Crippen molar-refractivity contribution >= 4 is 24.4 Å². The number of benzene rings is 1. The molecule has 1 fully saturated rings. The second-order valence-electron chi connectivity index (χ2n) is 5.26. The predicted molar refractivity (Wildman–Crippen MR) is 85.7 cm³/mol. The molecule has 1 aromatic rings. The van der Waals surface area contributed by atoms with Crippen molar-refractivity contribution in [1.82, 2.24) is 4.90 Å². The first kappa shape index (κ1) is 17.7. The van der Waals surface area contributed by atoms with E-state index in [1.807, 2.05) is 4.90 Å². The van der Waals surface area contributed by atoms with Gasteiger partial charge in [-0.15, -0.1) is 12.4 Å². The zero-order valence-corrected chi connectivity index (χ0v) is 13.0. The van der Waals surface area contributed by atoms with Crippen LogP contribution in [0.1, 0.15) is 31.7 Å². The van der Waals surface area contributed by atoms with E-state index >= 15 is 0 Å². The van der Waals surface area contributed by atoms with E-state index in [1.54, 1.807) is 25.1 Å². The average Bonchev–Trinajstić information content (AvgIpc) is 2.48. The topological polar surface area (TPSA) is 46.3 Å². The van der Waals surface area contributed by atoms with E-state index in [4.69, 9.17) is 5.73 Å². The lowest BCUT2D eigenvalue weighted by atomic mass is 10.0. The number of likely N-dealkylation sites (tertiary alicyclic amines) is 1. The summed E-state index contributed by atoms with van der Waals surface area (Å²) in [5, 5.41) is 0. The Bertz CT molecular complexity index is 502. The minimum atomic E-state index is -0.273. The molecule has 21 heavy (non-hydrogen) atoms. The van der Waals surface area contributed by atoms with Gasteiger partial charge in [0.1, 0.15) is 5.82 Å². The third-order valence-corrected chi connectivity index (χ3v) is 3.75. The maximum absolute atomic E-state index is 12.9. The van der Waals surface area contributed by atoms with Gasteiger partial charge in [0.05, 0.1) is 0 Å². The molecule has 1 saturated heterocycles. The molecule has 116 valence electrons. The van der Waals surface area contributed by atoms with Crippen LogP contribution >= 0.6 is 12.4 Å². The molecule has 0 aromatic heterocycles. The summed E-state index contributed by atoms with van der Waals surface area (Å²) in [6.07, 6.45) is 4.94. The Labute approximate surface area is 131 Å². The molecule has 0 spiro atoms. The van der Waals surface area contributed by atoms with Gasteiger partial charge in [0.25, 0.3) is 0 Å². The predicted octanol–water partition coefficient (Wildman–Crippen LogP) is 2.99. The van der Waals surface area contributed by atoms with E-state index < -0.39 is 0 Å². The Morgan fingerprint density at radius 3 is 2.67 bits per heavy atom. The minimum absolute atomic E-state index is 0. The fraction of sp³-hybridized carbons (Fsp3) is 0.438. The zero-order valence-electron chi connectivity index (χ0n) is 12.2. The lowest BCUT2D eigenvalue weighted by Crippen LogP contribution is -2.47. The van der Waals surface area contributed by atoms with E-state index in [1.165, 1.54) is 12.1 Å². The van der Waals surface area contributed by atoms with Crippen molar-refractivity contribution < 1.29 is 9.18 Å². The summed E-state index contributed by atoms with van der Waals surface area (Å²) in [4.78, 5) is 14.3. The highest BCUT2D eigenvalue weighted by Gasteiger charge is 2.26. The van der Waals surface area contributed by atoms with Gasteiger partial charge in [-0.1, -0.05) is 12.1 Å². The molecule has 1 amide bonds. The minimum Gasteiger partial charge on any atom is -0.335 e. The molecule has 1 aromatic carbocycles. The van der Waals surface area contributed by atoms with Crippen molar-refractivity contribution in [3.05, 3.63) is 41.2 Å². The molecule has 0 aliphatic carbocycles. The van der Waals surface area contributed by atoms with Gasteiger partial charge in [-0.2, -0.15) is 0 Å². The average molecular weight is 313 g/mol. The monoisotopic (exact) mass is 312 g/mol. The van der Waals surface area contributed by atoms with Crippen LogP contribution in [0.25, 0.3) is 6.08 Å². The molecule has 0 bridgehead atoms. The van der Waals surface area contributed by atoms with Crippen LogP contribution in [0.4, 0.5) is 4.39 Å². The number of nitrogens with zero attached hydrogens (tertiary/aromatic N) is 1. The Kier molecular flexibility index (Phi) is 6.85. The van der Waals surface area contributed by atoms with Gasteiger partial charge in [-0.05, 0) is 50.0 Å². The van der Waals surface area contributed by atoms with E-state index in [2.05, 4.69) is 0 Å². The number of hydrogen-bond acceptors (Lipinski definition) is 2. The van der Waals surface area contributed by atoms with Gasteiger partial charge < -0.3 is 10.6 Å². The van der Waals surface area contributed by atoms with Gasteiger partial charge in [0.2, 0.25) is 5.91 Å². The van der Waals surface area contributed by atoms with Crippen LogP contribution in [0.3, 0.4) is 0 Å². The lowest BCUT2D eigenvalue weighted by molar-refractivity contribution is -0.130. The molecular formula is C16H22ClFN2O. The van der Waals surface area contributed by atoms with Crippen molar-refractivity contribution in [3.8, 4) is 0 Å². The second kappa shape index (κ2) is 8.15. The molecule has 0 radical (unpaired) electrons. The maximum Gasteiger partial charge on any atom is 0.249 e. The fourth-order valence-corrected chi connectivity index (χ4v) is 2.61. The third kappa shape index (κ3) is 4.55. The van der Waals surface area contributed by atoms with Crippen molar-refractivity contribution in [2.45, 2.75) is 32.2 Å². The lowest BCUT2D eigenvalue weighted by Gasteiger charge is -2.35. The fourth-order valence-electron chi connectivity index (χ4n) is 2.61. The summed E-state index contributed by atoms with van der Waals surface area (Å²) in [6.45, 7) is 3.08. The van der Waals surface area contributed by atoms with Crippen molar-refractivity contribution in [1.29, 1.82) is 0 Å². The Morgan fingerprint density at radius 2 is 2.05 bits per heavy atom. The summed E-state index contributed by atoms with van der Waals surface area (Å²) < 4.78 is 12.9. The van der Waals surface area contributed by atoms with E-state index in [0.29, 0.717) is 12.1 Å². The van der Waals surface area contributed by atoms with Crippen molar-refractivity contribution in [2.24, 2.45) is 5.73 Å². The Morgan fingerprint density at radius 1 is 1.38 bits per heavy atom. The first-order chi connectivity index (χ1) is 9.61. The van der Waals surface area contributed by atoms with Gasteiger partial charge in [-0.3, -0.25) is 4.79 Å². The summed E-state index contributed by atoms with van der Waals surface area (Å²) >= 11 is 0. The van der Waals surface area contributed by atoms with Crippen LogP contribution in [0, 0.1) is 5.82 Å². The smallest absolute Gasteiger partial charge is 0.249 e. The van der Waals surface area contributed by atoms with Gasteiger partial charge in [-0.25, -0.2) is 4.39 Å². The molecule has 5 heteroatoms. The second-order valence-corrected chi connectivity index (χ2v) is 5.26. The van der Waals surface area contributed by atoms with Crippen LogP contribution in [-0.2, 0) is 4.79 Å². The highest BCUT2D eigenvalue weighted by atomic mass is 35.5. The van der Waals surface area contributed by atoms with Crippen LogP contribution in [-0.4, -0.2) is 29.9 Å². The molecule has 3 nitrogen and oxygen atoms in total. The van der Waals surface area contributed by atoms with Crippen LogP contribution in [0.2, 0.25) is 0 Å². The van der Waals surface area contributed by atoms with E-state index in [0.717, 1.165) is 31.4 Å². The van der Waals surface area contributed by atoms with E-state index in [-0.39, 0.29) is 30.2 Å². The van der Waals surface area contributed by atoms with Crippen LogP contribution < -0.4 is 5.73 Å². The molecule has 2 N–H and O–H groups in total. The number of rotatable bonds is 3. The van der Waals surface area contributed by atoms with Gasteiger partial charge >= 0.3 is 0 Å². The number of amides is 1. The molecule has 1 unspecified atom stereocenters. The number of carbonyl (C=O) groups is 1. The van der Waals surface area contributed by atoms with Crippen LogP contribution in [0.15, 0.2) is 29.8 Å². The molecule has 0 saturated carbocycles. The highest BCUT2D eigenvalue weighted by Crippen LogP contribution is 2.19. The van der Waals surface area contributed by atoms with Crippen molar-refractivity contribution in [3.63, 3.8) is 0 Å². The Hall–Kier alpha value is -1.39. The standard InChI is InChI=1S/C16H21FN2O.ClH/c1-12(10-13-5-7-14(17)8-6-13)16(20)19-9-3-2-4-15(19)11-18;/h5-8,10,15H,2-4,9,11,18H2,1H3;1H. The SMILES string of the molecule is CC(=Cc1ccc(F)cc1)C(=O)N1CCCCC1CN.Cl. The number of halogens is 2. The first-order valence-corrected chi connectivity index (χ1v) is 7.06. The largest absolute Gasteiger partial charge is 0.335 e. The number of carbonyl (C=O) groups excluding carboxylic acids is 1. The number of piperidine rings is 1. The third-order valence-electron chi connectivity index (χ3n) is 3.75. The highest BCUT2D eigenvalue weighted by molar-refractivity contribution is 5.97. The van der Waals surface area contributed by atoms with Crippen molar-refractivity contribution in [2.75, 3.05) is 13.1 Å². The quantitative estimate of drug-likeness (QED) is 0.872. The molecule has 1 aliphatic heterocycles. The maximum atomic E-state index is 12.9. The van der Waals surface area contributed by atoms with Gasteiger partial charge in [0.15, 0.2) is 0 Å². The Balaban J connectivity index is 0.00000220. The van der Waals surface area contributed by atoms with Gasteiger partial charge in [0, 0.05) is 24.7 Å². The molecule has 1 heterocycles. The molecule has 1 atom stereocenters. The van der Waals surface area contributed by atoms with Crippen LogP contribution in [0.5, 0.6) is 0 Å². The molecular weight excluding hydrogens is 291 g/mol. The molecule has 1 aliphatic rings. The summed E-state index contributed by atoms with van der Waals surface area (Å²) in [6, 6.07) is 6.28. The zero-order chi connectivity index (χ0) is 14.5. The number of nitrogens with two attached hydrogens (primary N) is 1. The summed E-state index contributed by atoms with van der Waals surface area (Å²) in [5.41, 5.74) is 7.24. The normalized spacial score (nSPS) is 19.1. The number of hydrogen-bond donors (Lipinski definition) is 1.